The van der Waals surface area contributed by atoms with E-state index in [9.17, 15) is 0 Å². The number of fused-ring (bicyclic) bond motifs is 1. The zero-order valence-electron chi connectivity index (χ0n) is 15.3. The van der Waals surface area contributed by atoms with Crippen LogP contribution in [-0.2, 0) is 11.3 Å². The van der Waals surface area contributed by atoms with Gasteiger partial charge in [0.25, 0.3) is 0 Å². The van der Waals surface area contributed by atoms with Crippen LogP contribution in [0.4, 0.5) is 0 Å². The lowest BCUT2D eigenvalue weighted by Crippen LogP contribution is -2.37. The molecule has 0 radical (unpaired) electrons. The van der Waals surface area contributed by atoms with Crippen LogP contribution in [0.1, 0.15) is 25.3 Å². The smallest absolute Gasteiger partial charge is 0.124 e. The lowest BCUT2D eigenvalue weighted by molar-refractivity contribution is 0.0374. The second-order valence-electron chi connectivity index (χ2n) is 6.60. The Labute approximate surface area is 151 Å². The molecule has 2 aromatic carbocycles. The minimum absolute atomic E-state index is 0.766. The SMILES string of the molecule is CCCOc1ccc2ccccc2c1CNCCCN1CCOCC1. The number of nitrogens with zero attached hydrogens (tertiary/aromatic N) is 1. The predicted octanol–water partition coefficient (Wildman–Crippen LogP) is 3.44. The van der Waals surface area contributed by atoms with E-state index in [0.29, 0.717) is 0 Å². The van der Waals surface area contributed by atoms with Gasteiger partial charge in [-0.1, -0.05) is 37.3 Å². The van der Waals surface area contributed by atoms with Crippen molar-refractivity contribution in [1.29, 1.82) is 0 Å². The Morgan fingerprint density at radius 2 is 1.96 bits per heavy atom. The molecule has 4 nitrogen and oxygen atoms in total. The van der Waals surface area contributed by atoms with E-state index in [2.05, 4.69) is 53.5 Å². The standard InChI is InChI=1S/C21H30N2O2/c1-2-14-25-21-9-8-18-6-3-4-7-19(18)20(21)17-22-10-5-11-23-12-15-24-16-13-23/h3-4,6-9,22H,2,5,10-17H2,1H3. The molecule has 0 bridgehead atoms. The highest BCUT2D eigenvalue weighted by Gasteiger charge is 2.10. The molecular formula is C21H30N2O2. The van der Waals surface area contributed by atoms with Crippen LogP contribution in [0, 0.1) is 0 Å². The molecule has 1 aliphatic heterocycles. The van der Waals surface area contributed by atoms with Gasteiger partial charge in [-0.3, -0.25) is 4.90 Å². The Kier molecular flexibility index (Phi) is 7.10. The Hall–Kier alpha value is -1.62. The number of hydrogen-bond donors (Lipinski definition) is 1. The third-order valence-corrected chi connectivity index (χ3v) is 4.69. The number of rotatable bonds is 9. The summed E-state index contributed by atoms with van der Waals surface area (Å²) in [5.41, 5.74) is 1.28. The van der Waals surface area contributed by atoms with Gasteiger partial charge in [-0.2, -0.15) is 0 Å². The summed E-state index contributed by atoms with van der Waals surface area (Å²) in [6.07, 6.45) is 2.19. The molecule has 3 rings (SSSR count). The molecule has 1 fully saturated rings. The molecule has 2 aromatic rings. The normalized spacial score (nSPS) is 15.6. The monoisotopic (exact) mass is 342 g/mol. The second kappa shape index (κ2) is 9.76. The summed E-state index contributed by atoms with van der Waals surface area (Å²) in [5, 5.41) is 6.18. The average molecular weight is 342 g/mol. The molecule has 0 amide bonds. The zero-order chi connectivity index (χ0) is 17.3. The molecule has 1 N–H and O–H groups in total. The fourth-order valence-corrected chi connectivity index (χ4v) is 3.31. The van der Waals surface area contributed by atoms with Crippen LogP contribution in [-0.4, -0.2) is 50.9 Å². The molecule has 1 heterocycles. The van der Waals surface area contributed by atoms with Crippen LogP contribution < -0.4 is 10.1 Å². The predicted molar refractivity (Wildman–Crippen MR) is 103 cm³/mol. The maximum Gasteiger partial charge on any atom is 0.124 e. The van der Waals surface area contributed by atoms with Crippen molar-refractivity contribution in [1.82, 2.24) is 10.2 Å². The van der Waals surface area contributed by atoms with Crippen LogP contribution in [0.2, 0.25) is 0 Å². The van der Waals surface area contributed by atoms with E-state index in [-0.39, 0.29) is 0 Å². The number of nitrogens with one attached hydrogen (secondary N) is 1. The van der Waals surface area contributed by atoms with Crippen molar-refractivity contribution in [2.75, 3.05) is 46.0 Å². The summed E-state index contributed by atoms with van der Waals surface area (Å²) in [4.78, 5) is 2.49. The first-order chi connectivity index (χ1) is 12.4. The molecule has 1 aliphatic rings. The minimum Gasteiger partial charge on any atom is -0.493 e. The molecule has 0 atom stereocenters. The van der Waals surface area contributed by atoms with Gasteiger partial charge in [-0.25, -0.2) is 0 Å². The first-order valence-corrected chi connectivity index (χ1v) is 9.52. The van der Waals surface area contributed by atoms with Crippen LogP contribution >= 0.6 is 0 Å². The summed E-state index contributed by atoms with van der Waals surface area (Å²) < 4.78 is 11.4. The van der Waals surface area contributed by atoms with Crippen molar-refractivity contribution in [3.63, 3.8) is 0 Å². The Bertz CT molecular complexity index is 653. The average Bonchev–Trinajstić information content (AvgIpc) is 2.67. The lowest BCUT2D eigenvalue weighted by Gasteiger charge is -2.26. The molecule has 0 spiro atoms. The van der Waals surface area contributed by atoms with Crippen molar-refractivity contribution in [3.8, 4) is 5.75 Å². The molecule has 136 valence electrons. The molecular weight excluding hydrogens is 312 g/mol. The minimum atomic E-state index is 0.766. The molecule has 0 unspecified atom stereocenters. The van der Waals surface area contributed by atoms with Crippen molar-refractivity contribution < 1.29 is 9.47 Å². The summed E-state index contributed by atoms with van der Waals surface area (Å²) >= 11 is 0. The van der Waals surface area contributed by atoms with Crippen molar-refractivity contribution in [3.05, 3.63) is 42.0 Å². The number of ether oxygens (including phenoxy) is 2. The maximum atomic E-state index is 5.98. The van der Waals surface area contributed by atoms with Gasteiger partial charge in [0.2, 0.25) is 0 Å². The van der Waals surface area contributed by atoms with Gasteiger partial charge < -0.3 is 14.8 Å². The maximum absolute atomic E-state index is 5.98. The molecule has 0 aromatic heterocycles. The quantitative estimate of drug-likeness (QED) is 0.708. The van der Waals surface area contributed by atoms with Crippen LogP contribution in [0.5, 0.6) is 5.75 Å². The number of benzene rings is 2. The lowest BCUT2D eigenvalue weighted by atomic mass is 10.0. The Morgan fingerprint density at radius 3 is 2.80 bits per heavy atom. The van der Waals surface area contributed by atoms with Gasteiger partial charge in [0.1, 0.15) is 5.75 Å². The Morgan fingerprint density at radius 1 is 1.12 bits per heavy atom. The largest absolute Gasteiger partial charge is 0.493 e. The number of hydrogen-bond acceptors (Lipinski definition) is 4. The van der Waals surface area contributed by atoms with E-state index in [0.717, 1.165) is 71.1 Å². The fourth-order valence-electron chi connectivity index (χ4n) is 3.31. The van der Waals surface area contributed by atoms with Gasteiger partial charge in [0, 0.05) is 25.2 Å². The van der Waals surface area contributed by atoms with Gasteiger partial charge in [-0.05, 0) is 42.8 Å². The van der Waals surface area contributed by atoms with Crippen LogP contribution in [0.15, 0.2) is 36.4 Å². The summed E-state index contributed by atoms with van der Waals surface area (Å²) in [7, 11) is 0. The molecule has 0 aliphatic carbocycles. The number of morpholine rings is 1. The van der Waals surface area contributed by atoms with E-state index in [1.807, 2.05) is 0 Å². The van der Waals surface area contributed by atoms with Gasteiger partial charge in [-0.15, -0.1) is 0 Å². The Balaban J connectivity index is 1.57. The highest BCUT2D eigenvalue weighted by molar-refractivity contribution is 5.87. The molecule has 0 saturated carbocycles. The molecule has 4 heteroatoms. The van der Waals surface area contributed by atoms with E-state index >= 15 is 0 Å². The molecule has 25 heavy (non-hydrogen) atoms. The van der Waals surface area contributed by atoms with E-state index < -0.39 is 0 Å². The van der Waals surface area contributed by atoms with Crippen LogP contribution in [0.25, 0.3) is 10.8 Å². The van der Waals surface area contributed by atoms with E-state index in [4.69, 9.17) is 9.47 Å². The van der Waals surface area contributed by atoms with Crippen molar-refractivity contribution >= 4 is 10.8 Å². The summed E-state index contributed by atoms with van der Waals surface area (Å²) in [6.45, 7) is 9.81. The summed E-state index contributed by atoms with van der Waals surface area (Å²) in [5.74, 6) is 1.02. The highest BCUT2D eigenvalue weighted by Crippen LogP contribution is 2.28. The topological polar surface area (TPSA) is 33.7 Å². The van der Waals surface area contributed by atoms with Gasteiger partial charge >= 0.3 is 0 Å². The first-order valence-electron chi connectivity index (χ1n) is 9.52. The van der Waals surface area contributed by atoms with E-state index in [1.165, 1.54) is 16.3 Å². The van der Waals surface area contributed by atoms with Gasteiger partial charge in [0.15, 0.2) is 0 Å². The van der Waals surface area contributed by atoms with Crippen molar-refractivity contribution in [2.45, 2.75) is 26.3 Å². The fraction of sp³-hybridized carbons (Fsp3) is 0.524. The zero-order valence-corrected chi connectivity index (χ0v) is 15.3. The first kappa shape index (κ1) is 18.2. The third-order valence-electron chi connectivity index (χ3n) is 4.69. The summed E-state index contributed by atoms with van der Waals surface area (Å²) in [6, 6.07) is 12.8. The van der Waals surface area contributed by atoms with E-state index in [1.54, 1.807) is 0 Å². The third kappa shape index (κ3) is 5.18. The van der Waals surface area contributed by atoms with Gasteiger partial charge in [0.05, 0.1) is 19.8 Å². The van der Waals surface area contributed by atoms with Crippen molar-refractivity contribution in [2.24, 2.45) is 0 Å². The highest BCUT2D eigenvalue weighted by atomic mass is 16.5. The van der Waals surface area contributed by atoms with Crippen LogP contribution in [0.3, 0.4) is 0 Å². The second-order valence-corrected chi connectivity index (χ2v) is 6.60. The molecule has 1 saturated heterocycles.